The van der Waals surface area contributed by atoms with E-state index in [1.165, 1.54) is 12.1 Å². The second-order valence-electron chi connectivity index (χ2n) is 9.54. The number of benzene rings is 5. The van der Waals surface area contributed by atoms with Crippen LogP contribution in [0.1, 0.15) is 18.1 Å². The van der Waals surface area contributed by atoms with Crippen LogP contribution in [0.4, 0.5) is 13.2 Å². The van der Waals surface area contributed by atoms with E-state index in [0.29, 0.717) is 17.5 Å². The number of hydrogen-bond donors (Lipinski definition) is 0. The van der Waals surface area contributed by atoms with Gasteiger partial charge >= 0.3 is 6.18 Å². The van der Waals surface area contributed by atoms with Crippen LogP contribution in [0.3, 0.4) is 0 Å². The van der Waals surface area contributed by atoms with E-state index >= 15 is 0 Å². The minimum atomic E-state index is -4.38. The molecule has 0 atom stereocenters. The number of aromatic nitrogens is 1. The zero-order valence-electron chi connectivity index (χ0n) is 20.8. The van der Waals surface area contributed by atoms with Gasteiger partial charge in [0.05, 0.1) is 11.1 Å². The molecule has 0 bridgehead atoms. The van der Waals surface area contributed by atoms with Gasteiger partial charge in [-0.05, 0) is 87.0 Å². The van der Waals surface area contributed by atoms with Crippen molar-refractivity contribution in [2.24, 2.45) is 0 Å². The molecule has 5 aromatic carbocycles. The number of nitrogens with zero attached hydrogens (tertiary/aromatic N) is 1. The monoisotopic (exact) mass is 503 g/mol. The normalized spacial score (nSPS) is 11.8. The third-order valence-corrected chi connectivity index (χ3v) is 7.04. The van der Waals surface area contributed by atoms with Crippen molar-refractivity contribution >= 4 is 21.7 Å². The topological polar surface area (TPSA) is 12.9 Å². The van der Waals surface area contributed by atoms with E-state index < -0.39 is 11.7 Å². The predicted molar refractivity (Wildman–Crippen MR) is 150 cm³/mol. The summed E-state index contributed by atoms with van der Waals surface area (Å²) in [5.41, 5.74) is 6.66. The molecule has 6 rings (SSSR count). The molecule has 0 unspecified atom stereocenters. The van der Waals surface area contributed by atoms with Gasteiger partial charge in [0.15, 0.2) is 0 Å². The molecule has 0 radical (unpaired) electrons. The summed E-state index contributed by atoms with van der Waals surface area (Å²) in [6.07, 6.45) is -1.94. The Morgan fingerprint density at radius 1 is 0.553 bits per heavy atom. The van der Waals surface area contributed by atoms with Crippen LogP contribution in [0.25, 0.3) is 55.1 Å². The molecule has 0 fully saturated rings. The fraction of sp³-hybridized carbons (Fsp3) is 0.0882. The SMILES string of the molecule is CCc1cc(-c2ccc3ccc(-c4ccc(-c5cnc6ccccc6c5)cc4)cc3c2)cc(C(F)(F)F)c1. The van der Waals surface area contributed by atoms with Gasteiger partial charge in [-0.15, -0.1) is 0 Å². The van der Waals surface area contributed by atoms with Crippen LogP contribution in [0.15, 0.2) is 115 Å². The maximum Gasteiger partial charge on any atom is 0.416 e. The highest BCUT2D eigenvalue weighted by molar-refractivity contribution is 5.91. The number of alkyl halides is 3. The molecule has 0 N–H and O–H groups in total. The van der Waals surface area contributed by atoms with Crippen molar-refractivity contribution in [1.29, 1.82) is 0 Å². The first kappa shape index (κ1) is 23.9. The number of hydrogen-bond acceptors (Lipinski definition) is 1. The number of para-hydroxylation sites is 1. The summed E-state index contributed by atoms with van der Waals surface area (Å²) >= 11 is 0. The average molecular weight is 504 g/mol. The molecule has 1 aromatic heterocycles. The van der Waals surface area contributed by atoms with Crippen LogP contribution in [0.5, 0.6) is 0 Å². The second-order valence-corrected chi connectivity index (χ2v) is 9.54. The fourth-order valence-electron chi connectivity index (χ4n) is 4.92. The Balaban J connectivity index is 1.34. The number of aryl methyl sites for hydroxylation is 1. The minimum Gasteiger partial charge on any atom is -0.256 e. The summed E-state index contributed by atoms with van der Waals surface area (Å²) in [5.74, 6) is 0. The summed E-state index contributed by atoms with van der Waals surface area (Å²) in [5, 5.41) is 3.13. The first-order chi connectivity index (χ1) is 18.4. The van der Waals surface area contributed by atoms with Crippen LogP contribution < -0.4 is 0 Å². The van der Waals surface area contributed by atoms with Gasteiger partial charge in [0.1, 0.15) is 0 Å². The molecule has 0 aliphatic carbocycles. The minimum absolute atomic E-state index is 0.542. The molecule has 186 valence electrons. The molecular formula is C34H24F3N. The van der Waals surface area contributed by atoms with Crippen LogP contribution in [-0.2, 0) is 12.6 Å². The molecule has 0 aliphatic heterocycles. The zero-order chi connectivity index (χ0) is 26.3. The standard InChI is InChI=1S/C34H24F3N/c1-2-22-15-29(20-32(16-22)34(35,36)37)27-14-12-24-11-13-26(17-30(24)18-27)23-7-9-25(10-8-23)31-19-28-5-3-4-6-33(28)38-21-31/h3-21H,2H2,1H3. The van der Waals surface area contributed by atoms with Crippen molar-refractivity contribution in [1.82, 2.24) is 4.98 Å². The van der Waals surface area contributed by atoms with Crippen molar-refractivity contribution in [3.05, 3.63) is 127 Å². The van der Waals surface area contributed by atoms with Crippen molar-refractivity contribution in [3.63, 3.8) is 0 Å². The molecule has 0 saturated carbocycles. The lowest BCUT2D eigenvalue weighted by atomic mass is 9.94. The van der Waals surface area contributed by atoms with E-state index in [0.717, 1.165) is 49.5 Å². The van der Waals surface area contributed by atoms with Gasteiger partial charge in [-0.2, -0.15) is 13.2 Å². The van der Waals surface area contributed by atoms with E-state index in [-0.39, 0.29) is 0 Å². The summed E-state index contributed by atoms with van der Waals surface area (Å²) in [6, 6.07) is 35.0. The first-order valence-electron chi connectivity index (χ1n) is 12.6. The highest BCUT2D eigenvalue weighted by atomic mass is 19.4. The molecule has 6 aromatic rings. The average Bonchev–Trinajstić information content (AvgIpc) is 2.95. The van der Waals surface area contributed by atoms with Crippen molar-refractivity contribution in [3.8, 4) is 33.4 Å². The third-order valence-electron chi connectivity index (χ3n) is 7.04. The quantitative estimate of drug-likeness (QED) is 0.233. The predicted octanol–water partition coefficient (Wildman–Crippen LogP) is 9.97. The van der Waals surface area contributed by atoms with Crippen molar-refractivity contribution in [2.45, 2.75) is 19.5 Å². The number of fused-ring (bicyclic) bond motifs is 2. The van der Waals surface area contributed by atoms with Crippen LogP contribution >= 0.6 is 0 Å². The zero-order valence-corrected chi connectivity index (χ0v) is 20.8. The molecule has 0 aliphatic rings. The van der Waals surface area contributed by atoms with Gasteiger partial charge in [-0.25, -0.2) is 0 Å². The summed E-state index contributed by atoms with van der Waals surface area (Å²) in [4.78, 5) is 4.57. The highest BCUT2D eigenvalue weighted by Gasteiger charge is 2.31. The number of pyridine rings is 1. The van der Waals surface area contributed by atoms with Gasteiger partial charge in [-0.3, -0.25) is 4.98 Å². The van der Waals surface area contributed by atoms with E-state index in [1.54, 1.807) is 0 Å². The molecule has 38 heavy (non-hydrogen) atoms. The molecule has 0 amide bonds. The molecule has 0 spiro atoms. The van der Waals surface area contributed by atoms with Gasteiger partial charge in [0.2, 0.25) is 0 Å². The molecule has 1 heterocycles. The van der Waals surface area contributed by atoms with Crippen molar-refractivity contribution in [2.75, 3.05) is 0 Å². The van der Waals surface area contributed by atoms with Crippen LogP contribution in [-0.4, -0.2) is 4.98 Å². The molecule has 0 saturated heterocycles. The highest BCUT2D eigenvalue weighted by Crippen LogP contribution is 2.35. The summed E-state index contributed by atoms with van der Waals surface area (Å²) in [7, 11) is 0. The van der Waals surface area contributed by atoms with Crippen LogP contribution in [0.2, 0.25) is 0 Å². The Morgan fingerprint density at radius 2 is 1.16 bits per heavy atom. The molecule has 4 heteroatoms. The Hall–Kier alpha value is -4.44. The Morgan fingerprint density at radius 3 is 1.84 bits per heavy atom. The maximum absolute atomic E-state index is 13.5. The van der Waals surface area contributed by atoms with E-state index in [4.69, 9.17) is 0 Å². The maximum atomic E-state index is 13.5. The Bertz CT molecular complexity index is 1780. The number of rotatable bonds is 4. The third kappa shape index (κ3) is 4.66. The molecule has 1 nitrogen and oxygen atoms in total. The molecular weight excluding hydrogens is 479 g/mol. The largest absolute Gasteiger partial charge is 0.416 e. The lowest BCUT2D eigenvalue weighted by Gasteiger charge is -2.13. The summed E-state index contributed by atoms with van der Waals surface area (Å²) < 4.78 is 40.5. The van der Waals surface area contributed by atoms with E-state index in [2.05, 4.69) is 59.6 Å². The Kier molecular flexibility index (Phi) is 5.96. The fourth-order valence-corrected chi connectivity index (χ4v) is 4.92. The summed E-state index contributed by atoms with van der Waals surface area (Å²) in [6.45, 7) is 1.87. The van der Waals surface area contributed by atoms with Gasteiger partial charge < -0.3 is 0 Å². The van der Waals surface area contributed by atoms with E-state index in [1.807, 2.05) is 55.6 Å². The van der Waals surface area contributed by atoms with Gasteiger partial charge in [0.25, 0.3) is 0 Å². The van der Waals surface area contributed by atoms with Crippen LogP contribution in [0, 0.1) is 0 Å². The van der Waals surface area contributed by atoms with E-state index in [9.17, 15) is 13.2 Å². The lowest BCUT2D eigenvalue weighted by Crippen LogP contribution is -2.06. The smallest absolute Gasteiger partial charge is 0.256 e. The van der Waals surface area contributed by atoms with Crippen molar-refractivity contribution < 1.29 is 13.2 Å². The second kappa shape index (κ2) is 9.46. The lowest BCUT2D eigenvalue weighted by molar-refractivity contribution is -0.137. The first-order valence-corrected chi connectivity index (χ1v) is 12.6. The van der Waals surface area contributed by atoms with Gasteiger partial charge in [0, 0.05) is 17.1 Å². The van der Waals surface area contributed by atoms with Gasteiger partial charge in [-0.1, -0.05) is 79.7 Å². The Labute approximate surface area is 219 Å². The number of halogens is 3.